The minimum absolute atomic E-state index is 0.118. The Morgan fingerprint density at radius 3 is 2.00 bits per heavy atom. The zero-order valence-electron chi connectivity index (χ0n) is 12.8. The summed E-state index contributed by atoms with van der Waals surface area (Å²) in [7, 11) is 0. The summed E-state index contributed by atoms with van der Waals surface area (Å²) in [5.74, 6) is -0.118. The minimum atomic E-state index is -4.36. The fourth-order valence-corrected chi connectivity index (χ4v) is 3.17. The molecule has 0 aliphatic heterocycles. The van der Waals surface area contributed by atoms with Crippen molar-refractivity contribution >= 4 is 28.4 Å². The van der Waals surface area contributed by atoms with E-state index in [0.29, 0.717) is 22.3 Å². The maximum absolute atomic E-state index is 12.7. The molecule has 0 fully saturated rings. The third-order valence-electron chi connectivity index (χ3n) is 3.74. The number of ketones is 1. The van der Waals surface area contributed by atoms with Gasteiger partial charge in [-0.05, 0) is 64.0 Å². The van der Waals surface area contributed by atoms with Crippen LogP contribution in [-0.2, 0) is 6.18 Å². The van der Waals surface area contributed by atoms with Crippen molar-refractivity contribution in [2.75, 3.05) is 0 Å². The molecule has 0 radical (unpaired) electrons. The van der Waals surface area contributed by atoms with Gasteiger partial charge in [-0.1, -0.05) is 42.5 Å². The summed E-state index contributed by atoms with van der Waals surface area (Å²) in [5, 5.41) is 0. The first-order valence-corrected chi connectivity index (χ1v) is 8.50. The van der Waals surface area contributed by atoms with Crippen LogP contribution in [0.3, 0.4) is 0 Å². The van der Waals surface area contributed by atoms with Crippen LogP contribution in [0.4, 0.5) is 13.2 Å². The maximum atomic E-state index is 12.7. The lowest BCUT2D eigenvalue weighted by Gasteiger charge is -2.10. The van der Waals surface area contributed by atoms with E-state index < -0.39 is 11.7 Å². The largest absolute Gasteiger partial charge is 0.416 e. The van der Waals surface area contributed by atoms with Crippen molar-refractivity contribution in [2.24, 2.45) is 0 Å². The van der Waals surface area contributed by atoms with Crippen molar-refractivity contribution in [3.8, 4) is 11.1 Å². The van der Waals surface area contributed by atoms with Gasteiger partial charge in [-0.3, -0.25) is 4.79 Å². The summed E-state index contributed by atoms with van der Waals surface area (Å²) in [6, 6.07) is 19.1. The molecule has 0 N–H and O–H groups in total. The lowest BCUT2D eigenvalue weighted by atomic mass is 9.97. The Balaban J connectivity index is 1.98. The lowest BCUT2D eigenvalue weighted by molar-refractivity contribution is -0.137. The van der Waals surface area contributed by atoms with Crippen LogP contribution in [0.2, 0.25) is 0 Å². The molecule has 0 aliphatic rings. The molecule has 0 unspecified atom stereocenters. The van der Waals surface area contributed by atoms with Gasteiger partial charge in [0.1, 0.15) is 0 Å². The fraction of sp³-hybridized carbons (Fsp3) is 0.0500. The molecule has 0 aromatic heterocycles. The zero-order valence-corrected chi connectivity index (χ0v) is 15.0. The number of carbonyl (C=O) groups is 1. The first-order valence-electron chi connectivity index (χ1n) is 7.42. The van der Waals surface area contributed by atoms with Gasteiger partial charge in [0.25, 0.3) is 0 Å². The summed E-state index contributed by atoms with van der Waals surface area (Å²) >= 11 is 2.10. The quantitative estimate of drug-likeness (QED) is 0.341. The number of halogens is 4. The molecule has 0 heterocycles. The van der Waals surface area contributed by atoms with Crippen molar-refractivity contribution in [3.63, 3.8) is 0 Å². The molecule has 0 spiro atoms. The van der Waals surface area contributed by atoms with E-state index in [-0.39, 0.29) is 5.78 Å². The van der Waals surface area contributed by atoms with Crippen LogP contribution in [0.25, 0.3) is 11.1 Å². The first-order chi connectivity index (χ1) is 11.8. The SMILES string of the molecule is O=C(c1ccccc1)c1cc(I)cc(-c2ccc(C(F)(F)F)cc2)c1. The summed E-state index contributed by atoms with van der Waals surface area (Å²) in [4.78, 5) is 12.6. The highest BCUT2D eigenvalue weighted by atomic mass is 127. The molecule has 126 valence electrons. The normalized spacial score (nSPS) is 11.4. The number of hydrogen-bond acceptors (Lipinski definition) is 1. The van der Waals surface area contributed by atoms with Crippen LogP contribution in [-0.4, -0.2) is 5.78 Å². The first kappa shape index (κ1) is 17.7. The second-order valence-electron chi connectivity index (χ2n) is 5.50. The van der Waals surface area contributed by atoms with Crippen molar-refractivity contribution < 1.29 is 18.0 Å². The van der Waals surface area contributed by atoms with E-state index in [1.165, 1.54) is 12.1 Å². The number of alkyl halides is 3. The average Bonchev–Trinajstić information content (AvgIpc) is 2.60. The second-order valence-corrected chi connectivity index (χ2v) is 6.74. The second kappa shape index (κ2) is 7.00. The van der Waals surface area contributed by atoms with E-state index in [0.717, 1.165) is 15.7 Å². The summed E-state index contributed by atoms with van der Waals surface area (Å²) in [6.45, 7) is 0. The molecule has 0 amide bonds. The Kier molecular flexibility index (Phi) is 4.94. The van der Waals surface area contributed by atoms with Crippen LogP contribution in [0, 0.1) is 3.57 Å². The van der Waals surface area contributed by atoms with E-state index >= 15 is 0 Å². The van der Waals surface area contributed by atoms with Crippen molar-refractivity contribution in [2.45, 2.75) is 6.18 Å². The van der Waals surface area contributed by atoms with E-state index in [9.17, 15) is 18.0 Å². The molecule has 25 heavy (non-hydrogen) atoms. The van der Waals surface area contributed by atoms with E-state index in [1.807, 2.05) is 12.1 Å². The highest BCUT2D eigenvalue weighted by molar-refractivity contribution is 14.1. The molecule has 5 heteroatoms. The van der Waals surface area contributed by atoms with Gasteiger partial charge in [0.2, 0.25) is 0 Å². The topological polar surface area (TPSA) is 17.1 Å². The molecule has 3 aromatic carbocycles. The highest BCUT2D eigenvalue weighted by Gasteiger charge is 2.30. The molecule has 0 bridgehead atoms. The van der Waals surface area contributed by atoms with Gasteiger partial charge in [-0.2, -0.15) is 13.2 Å². The van der Waals surface area contributed by atoms with Gasteiger partial charge in [-0.25, -0.2) is 0 Å². The van der Waals surface area contributed by atoms with E-state index in [4.69, 9.17) is 0 Å². The van der Waals surface area contributed by atoms with Crippen LogP contribution >= 0.6 is 22.6 Å². The molecule has 0 aliphatic carbocycles. The summed E-state index contributed by atoms with van der Waals surface area (Å²) in [5.41, 5.74) is 1.73. The van der Waals surface area contributed by atoms with Crippen molar-refractivity contribution in [1.29, 1.82) is 0 Å². The van der Waals surface area contributed by atoms with Crippen LogP contribution < -0.4 is 0 Å². The Morgan fingerprint density at radius 1 is 0.760 bits per heavy atom. The molecule has 3 rings (SSSR count). The predicted molar refractivity (Wildman–Crippen MR) is 99.5 cm³/mol. The number of carbonyl (C=O) groups excluding carboxylic acids is 1. The predicted octanol–water partition coefficient (Wildman–Crippen LogP) is 6.21. The third-order valence-corrected chi connectivity index (χ3v) is 4.36. The van der Waals surface area contributed by atoms with E-state index in [2.05, 4.69) is 22.6 Å². The minimum Gasteiger partial charge on any atom is -0.289 e. The van der Waals surface area contributed by atoms with Crippen molar-refractivity contribution in [3.05, 3.63) is 93.1 Å². The third kappa shape index (κ3) is 4.10. The van der Waals surface area contributed by atoms with Gasteiger partial charge in [0.15, 0.2) is 5.78 Å². The van der Waals surface area contributed by atoms with Gasteiger partial charge < -0.3 is 0 Å². The molecular weight excluding hydrogens is 440 g/mol. The molecule has 0 saturated carbocycles. The number of benzene rings is 3. The van der Waals surface area contributed by atoms with Crippen LogP contribution in [0.15, 0.2) is 72.8 Å². The van der Waals surface area contributed by atoms with Gasteiger partial charge in [0.05, 0.1) is 5.56 Å². The number of hydrogen-bond donors (Lipinski definition) is 0. The highest BCUT2D eigenvalue weighted by Crippen LogP contribution is 2.31. The van der Waals surface area contributed by atoms with Gasteiger partial charge in [-0.15, -0.1) is 0 Å². The Bertz CT molecular complexity index is 900. The van der Waals surface area contributed by atoms with Crippen LogP contribution in [0.5, 0.6) is 0 Å². The summed E-state index contributed by atoms with van der Waals surface area (Å²) < 4.78 is 38.9. The van der Waals surface area contributed by atoms with Crippen LogP contribution in [0.1, 0.15) is 21.5 Å². The monoisotopic (exact) mass is 452 g/mol. The Labute approximate surface area is 156 Å². The molecule has 1 nitrogen and oxygen atoms in total. The maximum Gasteiger partial charge on any atom is 0.416 e. The molecule has 0 atom stereocenters. The zero-order chi connectivity index (χ0) is 18.0. The lowest BCUT2D eigenvalue weighted by Crippen LogP contribution is -2.04. The van der Waals surface area contributed by atoms with Gasteiger partial charge >= 0.3 is 6.18 Å². The smallest absolute Gasteiger partial charge is 0.289 e. The van der Waals surface area contributed by atoms with E-state index in [1.54, 1.807) is 36.4 Å². The van der Waals surface area contributed by atoms with Crippen molar-refractivity contribution in [1.82, 2.24) is 0 Å². The molecule has 0 saturated heterocycles. The average molecular weight is 452 g/mol. The fourth-order valence-electron chi connectivity index (χ4n) is 2.50. The Morgan fingerprint density at radius 2 is 1.40 bits per heavy atom. The number of rotatable bonds is 3. The molecule has 3 aromatic rings. The Hall–Kier alpha value is -2.15. The molecular formula is C20H12F3IO. The standard InChI is InChI=1S/C20H12F3IO/c21-20(22,23)17-8-6-13(7-9-17)15-10-16(12-18(24)11-15)19(25)14-4-2-1-3-5-14/h1-12H. The van der Waals surface area contributed by atoms with Gasteiger partial charge in [0, 0.05) is 14.7 Å². The summed E-state index contributed by atoms with van der Waals surface area (Å²) in [6.07, 6.45) is -4.36.